The summed E-state index contributed by atoms with van der Waals surface area (Å²) in [5.41, 5.74) is 2.07. The minimum Gasteiger partial charge on any atom is -0.396 e. The Balaban J connectivity index is 1.72. The van der Waals surface area contributed by atoms with Gasteiger partial charge in [0.2, 0.25) is 11.8 Å². The Morgan fingerprint density at radius 3 is 2.92 bits per heavy atom. The first-order valence-electron chi connectivity index (χ1n) is 8.56. The summed E-state index contributed by atoms with van der Waals surface area (Å²) >= 11 is 0. The van der Waals surface area contributed by atoms with Crippen LogP contribution in [-0.2, 0) is 20.9 Å². The van der Waals surface area contributed by atoms with E-state index < -0.39 is 11.9 Å². The third-order valence-electron chi connectivity index (χ3n) is 4.43. The molecule has 0 radical (unpaired) electrons. The number of carbonyl (C=O) groups is 3. The maximum Gasteiger partial charge on any atom is 0.255 e. The van der Waals surface area contributed by atoms with Gasteiger partial charge < -0.3 is 14.7 Å². The number of hydrogen-bond acceptors (Lipinski definition) is 5. The van der Waals surface area contributed by atoms with Gasteiger partial charge >= 0.3 is 0 Å². The maximum absolute atomic E-state index is 12.7. The van der Waals surface area contributed by atoms with Crippen LogP contribution >= 0.6 is 0 Å². The number of ether oxygens (including phenoxy) is 1. The molecular weight excluding hydrogens is 336 g/mol. The predicted molar refractivity (Wildman–Crippen MR) is 91.9 cm³/mol. The molecule has 3 rings (SSSR count). The molecule has 0 aliphatic carbocycles. The number of aliphatic hydroxyl groups is 1. The molecule has 2 aliphatic heterocycles. The molecule has 0 bridgehead atoms. The van der Waals surface area contributed by atoms with Crippen LogP contribution in [0.3, 0.4) is 0 Å². The van der Waals surface area contributed by atoms with Gasteiger partial charge in [0.15, 0.2) is 0 Å². The van der Waals surface area contributed by atoms with Gasteiger partial charge in [0, 0.05) is 30.7 Å². The van der Waals surface area contributed by atoms with Crippen LogP contribution in [0.5, 0.6) is 0 Å². The Hall–Kier alpha value is -2.69. The fourth-order valence-electron chi connectivity index (χ4n) is 3.12. The second-order valence-corrected chi connectivity index (χ2v) is 6.16. The summed E-state index contributed by atoms with van der Waals surface area (Å²) in [6.45, 7) is 1.07. The molecule has 0 spiro atoms. The standard InChI is InChI=1S/C19H20N2O5/c22-9-3-11-26-10-2-5-13-4-1-6-14-15(13)12-21(19(14)25)16-7-8-17(23)20-18(16)24/h1,4,6,16,22H,3,7-12H2,(H,20,23,24). The highest BCUT2D eigenvalue weighted by atomic mass is 16.5. The smallest absolute Gasteiger partial charge is 0.255 e. The Bertz CT molecular complexity index is 793. The lowest BCUT2D eigenvalue weighted by molar-refractivity contribution is -0.136. The van der Waals surface area contributed by atoms with Gasteiger partial charge in [-0.1, -0.05) is 17.9 Å². The predicted octanol–water partition coefficient (Wildman–Crippen LogP) is 0.198. The molecular formula is C19H20N2O5. The van der Waals surface area contributed by atoms with Crippen molar-refractivity contribution < 1.29 is 24.2 Å². The van der Waals surface area contributed by atoms with Crippen LogP contribution in [0, 0.1) is 11.8 Å². The van der Waals surface area contributed by atoms with Crippen molar-refractivity contribution >= 4 is 17.7 Å². The molecule has 2 aliphatic rings. The molecule has 7 nitrogen and oxygen atoms in total. The van der Waals surface area contributed by atoms with Gasteiger partial charge in [-0.3, -0.25) is 19.7 Å². The second-order valence-electron chi connectivity index (χ2n) is 6.16. The number of nitrogens with zero attached hydrogens (tertiary/aromatic N) is 1. The highest BCUT2D eigenvalue weighted by Gasteiger charge is 2.39. The summed E-state index contributed by atoms with van der Waals surface area (Å²) in [7, 11) is 0. The van der Waals surface area contributed by atoms with E-state index in [9.17, 15) is 14.4 Å². The number of benzene rings is 1. The molecule has 1 saturated heterocycles. The quantitative estimate of drug-likeness (QED) is 0.446. The number of aliphatic hydroxyl groups excluding tert-OH is 1. The van der Waals surface area contributed by atoms with Crippen LogP contribution < -0.4 is 5.32 Å². The second kappa shape index (κ2) is 8.13. The van der Waals surface area contributed by atoms with Gasteiger partial charge in [-0.05, 0) is 30.5 Å². The highest BCUT2D eigenvalue weighted by Crippen LogP contribution is 2.29. The van der Waals surface area contributed by atoms with Crippen molar-refractivity contribution in [1.29, 1.82) is 0 Å². The summed E-state index contributed by atoms with van der Waals surface area (Å²) in [6, 6.07) is 4.70. The Kier molecular flexibility index (Phi) is 5.66. The molecule has 2 heterocycles. The molecule has 1 unspecified atom stereocenters. The minimum atomic E-state index is -0.629. The lowest BCUT2D eigenvalue weighted by Crippen LogP contribution is -2.52. The van der Waals surface area contributed by atoms with Crippen LogP contribution in [0.15, 0.2) is 18.2 Å². The van der Waals surface area contributed by atoms with Crippen molar-refractivity contribution in [2.24, 2.45) is 0 Å². The lowest BCUT2D eigenvalue weighted by atomic mass is 10.0. The SMILES string of the molecule is O=C1CCC(N2Cc3c(C#CCOCCCO)cccc3C2=O)C(=O)N1. The van der Waals surface area contributed by atoms with Crippen molar-refractivity contribution in [2.75, 3.05) is 19.8 Å². The molecule has 1 fully saturated rings. The number of hydrogen-bond donors (Lipinski definition) is 2. The molecule has 1 atom stereocenters. The lowest BCUT2D eigenvalue weighted by Gasteiger charge is -2.29. The molecule has 2 N–H and O–H groups in total. The molecule has 3 amide bonds. The zero-order valence-corrected chi connectivity index (χ0v) is 14.3. The molecule has 0 aromatic heterocycles. The molecule has 1 aromatic carbocycles. The van der Waals surface area contributed by atoms with E-state index in [0.717, 1.165) is 11.1 Å². The zero-order chi connectivity index (χ0) is 18.5. The number of nitrogens with one attached hydrogen (secondary N) is 1. The Morgan fingerprint density at radius 1 is 1.31 bits per heavy atom. The van der Waals surface area contributed by atoms with Crippen LogP contribution in [0.1, 0.15) is 40.7 Å². The van der Waals surface area contributed by atoms with E-state index in [-0.39, 0.29) is 31.4 Å². The highest BCUT2D eigenvalue weighted by molar-refractivity contribution is 6.05. The number of imide groups is 1. The fourth-order valence-corrected chi connectivity index (χ4v) is 3.12. The van der Waals surface area contributed by atoms with Crippen molar-refractivity contribution in [3.8, 4) is 11.8 Å². The van der Waals surface area contributed by atoms with Gasteiger partial charge in [0.05, 0.1) is 6.61 Å². The van der Waals surface area contributed by atoms with Gasteiger partial charge in [-0.15, -0.1) is 0 Å². The van der Waals surface area contributed by atoms with E-state index in [1.807, 2.05) is 6.07 Å². The molecule has 136 valence electrons. The van der Waals surface area contributed by atoms with Crippen LogP contribution in [-0.4, -0.2) is 53.6 Å². The summed E-state index contributed by atoms with van der Waals surface area (Å²) < 4.78 is 5.28. The molecule has 0 saturated carbocycles. The molecule has 1 aromatic rings. The van der Waals surface area contributed by atoms with Gasteiger partial charge in [-0.2, -0.15) is 0 Å². The normalized spacial score (nSPS) is 19.0. The van der Waals surface area contributed by atoms with Crippen molar-refractivity contribution in [3.63, 3.8) is 0 Å². The van der Waals surface area contributed by atoms with Gasteiger partial charge in [0.1, 0.15) is 12.6 Å². The third-order valence-corrected chi connectivity index (χ3v) is 4.43. The molecule has 7 heteroatoms. The van der Waals surface area contributed by atoms with Gasteiger partial charge in [-0.25, -0.2) is 0 Å². The summed E-state index contributed by atoms with van der Waals surface area (Å²) in [6.07, 6.45) is 1.14. The van der Waals surface area contributed by atoms with Crippen LogP contribution in [0.4, 0.5) is 0 Å². The first-order valence-corrected chi connectivity index (χ1v) is 8.56. The van der Waals surface area contributed by atoms with E-state index in [2.05, 4.69) is 17.2 Å². The number of rotatable bonds is 5. The van der Waals surface area contributed by atoms with Crippen molar-refractivity contribution in [2.45, 2.75) is 31.8 Å². The largest absolute Gasteiger partial charge is 0.396 e. The van der Waals surface area contributed by atoms with E-state index >= 15 is 0 Å². The average molecular weight is 356 g/mol. The van der Waals surface area contributed by atoms with E-state index in [1.165, 1.54) is 4.90 Å². The van der Waals surface area contributed by atoms with E-state index in [4.69, 9.17) is 9.84 Å². The van der Waals surface area contributed by atoms with Crippen LogP contribution in [0.25, 0.3) is 0 Å². The Labute approximate surface area is 151 Å². The van der Waals surface area contributed by atoms with Gasteiger partial charge in [0.25, 0.3) is 5.91 Å². The van der Waals surface area contributed by atoms with Crippen LogP contribution in [0.2, 0.25) is 0 Å². The molecule has 26 heavy (non-hydrogen) atoms. The summed E-state index contributed by atoms with van der Waals surface area (Å²) in [5, 5.41) is 11.0. The summed E-state index contributed by atoms with van der Waals surface area (Å²) in [5.74, 6) is 4.98. The topological polar surface area (TPSA) is 95.9 Å². The average Bonchev–Trinajstić information content (AvgIpc) is 2.96. The Morgan fingerprint density at radius 2 is 2.15 bits per heavy atom. The number of piperidine rings is 1. The number of carbonyl (C=O) groups excluding carboxylic acids is 3. The maximum atomic E-state index is 12.7. The number of amides is 3. The fraction of sp³-hybridized carbons (Fsp3) is 0.421. The first-order chi connectivity index (χ1) is 12.6. The zero-order valence-electron chi connectivity index (χ0n) is 14.3. The van der Waals surface area contributed by atoms with Crippen molar-refractivity contribution in [1.82, 2.24) is 10.2 Å². The third kappa shape index (κ3) is 3.77. The van der Waals surface area contributed by atoms with Crippen molar-refractivity contribution in [3.05, 3.63) is 34.9 Å². The van der Waals surface area contributed by atoms with E-state index in [1.54, 1.807) is 12.1 Å². The summed E-state index contributed by atoms with van der Waals surface area (Å²) in [4.78, 5) is 37.6. The monoisotopic (exact) mass is 356 g/mol. The number of fused-ring (bicyclic) bond motifs is 1. The van der Waals surface area contributed by atoms with E-state index in [0.29, 0.717) is 31.6 Å². The first kappa shape index (κ1) is 18.1. The minimum absolute atomic E-state index is 0.0813.